The van der Waals surface area contributed by atoms with Crippen LogP contribution < -0.4 is 9.47 Å². The number of ether oxygens (including phenoxy) is 3. The second-order valence-corrected chi connectivity index (χ2v) is 5.91. The Labute approximate surface area is 157 Å². The third kappa shape index (κ3) is 4.90. The van der Waals surface area contributed by atoms with Gasteiger partial charge in [0.05, 0.1) is 12.6 Å². The van der Waals surface area contributed by atoms with Gasteiger partial charge in [-0.25, -0.2) is 22.6 Å². The van der Waals surface area contributed by atoms with Gasteiger partial charge in [0.15, 0.2) is 0 Å². The van der Waals surface area contributed by atoms with Crippen LogP contribution in [0.2, 0.25) is 0 Å². The number of halogens is 5. The van der Waals surface area contributed by atoms with Crippen molar-refractivity contribution in [3.05, 3.63) is 59.7 Å². The zero-order valence-electron chi connectivity index (χ0n) is 14.5. The summed E-state index contributed by atoms with van der Waals surface area (Å²) in [4.78, 5) is 4.18. The van der Waals surface area contributed by atoms with E-state index in [-0.39, 0.29) is 36.5 Å². The summed E-state index contributed by atoms with van der Waals surface area (Å²) in [5, 5.41) is 0. The fraction of sp³-hybridized carbons (Fsp3) is 0.316. The summed E-state index contributed by atoms with van der Waals surface area (Å²) in [5.74, 6) is -1.21. The fourth-order valence-corrected chi connectivity index (χ4v) is 2.51. The van der Waals surface area contributed by atoms with Crippen LogP contribution in [0.3, 0.4) is 0 Å². The Kier molecular flexibility index (Phi) is 6.33. The van der Waals surface area contributed by atoms with E-state index in [4.69, 9.17) is 9.47 Å². The maximum atomic E-state index is 13.8. The van der Waals surface area contributed by atoms with Gasteiger partial charge in [-0.15, -0.1) is 0 Å². The van der Waals surface area contributed by atoms with Gasteiger partial charge < -0.3 is 14.2 Å². The van der Waals surface area contributed by atoms with Crippen LogP contribution in [0.4, 0.5) is 22.0 Å². The number of rotatable bonds is 8. The van der Waals surface area contributed by atoms with Gasteiger partial charge in [0.2, 0.25) is 5.90 Å². The molecule has 0 fully saturated rings. The van der Waals surface area contributed by atoms with Crippen molar-refractivity contribution in [2.75, 3.05) is 13.2 Å². The molecule has 1 aliphatic rings. The normalized spacial score (nSPS) is 17.2. The fourth-order valence-electron chi connectivity index (χ4n) is 2.51. The first-order valence-electron chi connectivity index (χ1n) is 8.41. The minimum atomic E-state index is -3.23. The molecule has 0 saturated heterocycles. The molecule has 3 rings (SSSR count). The number of nitrogens with zero attached hydrogens (tertiary/aromatic N) is 1. The summed E-state index contributed by atoms with van der Waals surface area (Å²) in [6.07, 6.45) is -5.50. The van der Waals surface area contributed by atoms with Crippen molar-refractivity contribution in [2.45, 2.75) is 25.2 Å². The van der Waals surface area contributed by atoms with E-state index in [0.29, 0.717) is 12.2 Å². The molecule has 0 saturated carbocycles. The summed E-state index contributed by atoms with van der Waals surface area (Å²) in [5.41, 5.74) is -0.295. The molecule has 2 atom stereocenters. The monoisotopic (exact) mass is 401 g/mol. The van der Waals surface area contributed by atoms with E-state index in [0.717, 1.165) is 12.1 Å². The molecule has 0 aliphatic carbocycles. The van der Waals surface area contributed by atoms with Crippen LogP contribution in [0.5, 0.6) is 11.5 Å². The molecule has 28 heavy (non-hydrogen) atoms. The first-order chi connectivity index (χ1) is 13.4. The lowest BCUT2D eigenvalue weighted by molar-refractivity contribution is -0.0669. The van der Waals surface area contributed by atoms with Crippen molar-refractivity contribution in [1.82, 2.24) is 0 Å². The highest BCUT2D eigenvalue weighted by atomic mass is 19.3. The molecular weight excluding hydrogens is 385 g/mol. The predicted octanol–water partition coefficient (Wildman–Crippen LogP) is 4.52. The number of alkyl halides is 3. The van der Waals surface area contributed by atoms with Crippen LogP contribution >= 0.6 is 0 Å². The highest BCUT2D eigenvalue weighted by Crippen LogP contribution is 2.22. The molecule has 2 aromatic rings. The molecule has 4 nitrogen and oxygen atoms in total. The van der Waals surface area contributed by atoms with Crippen LogP contribution in [-0.2, 0) is 4.74 Å². The van der Waals surface area contributed by atoms with Gasteiger partial charge in [-0.1, -0.05) is 6.07 Å². The Morgan fingerprint density at radius 1 is 1.00 bits per heavy atom. The number of hydrogen-bond donors (Lipinski definition) is 0. The van der Waals surface area contributed by atoms with Crippen molar-refractivity contribution in [2.24, 2.45) is 4.99 Å². The molecule has 1 aliphatic heterocycles. The average Bonchev–Trinajstić information content (AvgIpc) is 3.11. The van der Waals surface area contributed by atoms with Gasteiger partial charge in [0.25, 0.3) is 6.36 Å². The molecule has 2 aromatic carbocycles. The predicted molar refractivity (Wildman–Crippen MR) is 90.7 cm³/mol. The molecule has 0 aromatic heterocycles. The highest BCUT2D eigenvalue weighted by molar-refractivity contribution is 5.95. The first kappa shape index (κ1) is 19.9. The average molecular weight is 401 g/mol. The van der Waals surface area contributed by atoms with Gasteiger partial charge in [0.1, 0.15) is 35.3 Å². The van der Waals surface area contributed by atoms with E-state index < -0.39 is 24.4 Å². The van der Waals surface area contributed by atoms with Crippen molar-refractivity contribution < 1.29 is 36.2 Å². The second-order valence-electron chi connectivity index (χ2n) is 5.91. The third-order valence-corrected chi connectivity index (χ3v) is 3.88. The Hall–Kier alpha value is -2.84. The van der Waals surface area contributed by atoms with Crippen LogP contribution in [-0.4, -0.2) is 37.9 Å². The van der Waals surface area contributed by atoms with Crippen molar-refractivity contribution in [3.8, 4) is 11.5 Å². The molecule has 0 amide bonds. The Balaban J connectivity index is 1.50. The summed E-state index contributed by atoms with van der Waals surface area (Å²) < 4.78 is 79.7. The van der Waals surface area contributed by atoms with Crippen molar-refractivity contribution in [1.29, 1.82) is 0 Å². The summed E-state index contributed by atoms with van der Waals surface area (Å²) in [6, 6.07) is 8.69. The molecule has 0 spiro atoms. The summed E-state index contributed by atoms with van der Waals surface area (Å²) >= 11 is 0. The van der Waals surface area contributed by atoms with E-state index in [1.807, 2.05) is 0 Å². The summed E-state index contributed by atoms with van der Waals surface area (Å²) in [6.45, 7) is 0.401. The van der Waals surface area contributed by atoms with Crippen LogP contribution in [0.15, 0.2) is 47.5 Å². The van der Waals surface area contributed by atoms with E-state index in [1.165, 1.54) is 30.3 Å². The largest absolute Gasteiger partial charge is 0.494 e. The first-order valence-corrected chi connectivity index (χ1v) is 8.41. The lowest BCUT2D eigenvalue weighted by Gasteiger charge is -2.11. The zero-order valence-corrected chi connectivity index (χ0v) is 14.5. The molecule has 9 heteroatoms. The highest BCUT2D eigenvalue weighted by Gasteiger charge is 2.25. The molecule has 0 radical (unpaired) electrons. The summed E-state index contributed by atoms with van der Waals surface area (Å²) in [7, 11) is 0. The Morgan fingerprint density at radius 3 is 2.29 bits per heavy atom. The van der Waals surface area contributed by atoms with Gasteiger partial charge >= 0.3 is 6.43 Å². The molecular formula is C19H16F5NO3. The van der Waals surface area contributed by atoms with Gasteiger partial charge in [-0.2, -0.15) is 4.39 Å². The van der Waals surface area contributed by atoms with E-state index in [9.17, 15) is 22.0 Å². The van der Waals surface area contributed by atoms with E-state index in [1.54, 1.807) is 0 Å². The SMILES string of the molecule is Fc1cccc(F)c1C1=NC(CCOc2ccc(OC(F)C(F)F)cc2)CO1. The number of hydrogen-bond acceptors (Lipinski definition) is 4. The molecule has 0 N–H and O–H groups in total. The van der Waals surface area contributed by atoms with Gasteiger partial charge in [-0.3, -0.25) is 0 Å². The van der Waals surface area contributed by atoms with Crippen LogP contribution in [0.25, 0.3) is 0 Å². The molecule has 2 unspecified atom stereocenters. The Morgan fingerprint density at radius 2 is 1.64 bits per heavy atom. The van der Waals surface area contributed by atoms with Crippen LogP contribution in [0, 0.1) is 11.6 Å². The van der Waals surface area contributed by atoms with Crippen molar-refractivity contribution >= 4 is 5.90 Å². The molecule has 1 heterocycles. The minimum Gasteiger partial charge on any atom is -0.494 e. The second kappa shape index (κ2) is 8.90. The molecule has 0 bridgehead atoms. The smallest absolute Gasteiger partial charge is 0.304 e. The number of benzene rings is 2. The minimum absolute atomic E-state index is 0.0505. The maximum Gasteiger partial charge on any atom is 0.304 e. The lowest BCUT2D eigenvalue weighted by Crippen LogP contribution is -2.19. The topological polar surface area (TPSA) is 40.0 Å². The maximum absolute atomic E-state index is 13.8. The third-order valence-electron chi connectivity index (χ3n) is 3.88. The quantitative estimate of drug-likeness (QED) is 0.611. The zero-order chi connectivity index (χ0) is 20.1. The van der Waals surface area contributed by atoms with E-state index >= 15 is 0 Å². The van der Waals surface area contributed by atoms with Gasteiger partial charge in [-0.05, 0) is 36.4 Å². The standard InChI is InChI=1S/C19H16F5NO3/c20-14-2-1-3-15(21)16(14)19-25-11(10-27-19)8-9-26-12-4-6-13(7-5-12)28-18(24)17(22)23/h1-7,11,17-18H,8-10H2. The lowest BCUT2D eigenvalue weighted by atomic mass is 10.2. The van der Waals surface area contributed by atoms with E-state index in [2.05, 4.69) is 9.73 Å². The van der Waals surface area contributed by atoms with Crippen molar-refractivity contribution in [3.63, 3.8) is 0 Å². The van der Waals surface area contributed by atoms with Crippen LogP contribution in [0.1, 0.15) is 12.0 Å². The molecule has 150 valence electrons. The Bertz CT molecular complexity index is 809. The van der Waals surface area contributed by atoms with Gasteiger partial charge in [0, 0.05) is 6.42 Å². The number of aliphatic imine (C=N–C) groups is 1.